The van der Waals surface area contributed by atoms with Crippen molar-refractivity contribution in [1.29, 1.82) is 0 Å². The third kappa shape index (κ3) is 12.1. The molecule has 0 aliphatic carbocycles. The summed E-state index contributed by atoms with van der Waals surface area (Å²) in [5.74, 6) is 0. The molecule has 56 heavy (non-hydrogen) atoms. The molecule has 0 heterocycles. The van der Waals surface area contributed by atoms with Crippen molar-refractivity contribution in [3.63, 3.8) is 0 Å². The minimum Gasteiger partial charge on any atom is -0.400 e. The zero-order valence-electron chi connectivity index (χ0n) is 33.9. The highest BCUT2D eigenvalue weighted by Gasteiger charge is 2.51. The third-order valence-corrected chi connectivity index (χ3v) is 18.2. The van der Waals surface area contributed by atoms with Crippen LogP contribution in [0.25, 0.3) is 6.08 Å². The van der Waals surface area contributed by atoms with Gasteiger partial charge in [-0.2, -0.15) is 0 Å². The lowest BCUT2D eigenvalue weighted by Crippen LogP contribution is -2.66. The maximum absolute atomic E-state index is 7.63. The maximum atomic E-state index is 7.63. The Labute approximate surface area is 349 Å². The number of halogens is 1. The summed E-state index contributed by atoms with van der Waals surface area (Å²) >= 11 is 3.53. The SMILES string of the molecule is CCCCCC(O[Si](c1ccccc1)(c1ccccc1)C(C)(C)C)c1cccc(/C=C\CCCCBr)c1.c1ccc(P(c2ccccc2)c2ccccc2)cc1. The Balaban J connectivity index is 0.000000262. The van der Waals surface area contributed by atoms with E-state index in [9.17, 15) is 0 Å². The smallest absolute Gasteiger partial charge is 0.261 e. The molecule has 1 nitrogen and oxygen atoms in total. The fourth-order valence-corrected chi connectivity index (χ4v) is 14.8. The first-order valence-corrected chi connectivity index (χ1v) is 24.8. The van der Waals surface area contributed by atoms with Crippen LogP contribution in [0.2, 0.25) is 5.04 Å². The summed E-state index contributed by atoms with van der Waals surface area (Å²) in [6, 6.07) is 63.4. The van der Waals surface area contributed by atoms with Crippen molar-refractivity contribution in [2.24, 2.45) is 0 Å². The lowest BCUT2D eigenvalue weighted by atomic mass is 10.0. The second-order valence-corrected chi connectivity index (χ2v) is 22.6. The molecule has 0 fully saturated rings. The first-order valence-electron chi connectivity index (χ1n) is 20.4. The zero-order chi connectivity index (χ0) is 39.5. The van der Waals surface area contributed by atoms with Crippen molar-refractivity contribution in [3.8, 4) is 0 Å². The molecule has 1 atom stereocenters. The van der Waals surface area contributed by atoms with Crippen LogP contribution >= 0.6 is 23.9 Å². The molecule has 4 heteroatoms. The van der Waals surface area contributed by atoms with Crippen molar-refractivity contribution in [3.05, 3.63) is 193 Å². The lowest BCUT2D eigenvalue weighted by Gasteiger charge is -2.45. The molecule has 6 aromatic rings. The summed E-state index contributed by atoms with van der Waals surface area (Å²) in [6.07, 6.45) is 12.9. The van der Waals surface area contributed by atoms with Crippen molar-refractivity contribution in [2.75, 3.05) is 5.33 Å². The molecule has 0 spiro atoms. The van der Waals surface area contributed by atoms with Gasteiger partial charge in [-0.1, -0.05) is 245 Å². The van der Waals surface area contributed by atoms with Crippen LogP contribution in [0.15, 0.2) is 182 Å². The molecule has 0 radical (unpaired) electrons. The molecular formula is C52H60BrOPSi. The van der Waals surface area contributed by atoms with Gasteiger partial charge in [-0.3, -0.25) is 0 Å². The van der Waals surface area contributed by atoms with Gasteiger partial charge < -0.3 is 4.43 Å². The molecule has 1 unspecified atom stereocenters. The Bertz CT molecular complexity index is 1850. The van der Waals surface area contributed by atoms with Crippen LogP contribution in [0.4, 0.5) is 0 Å². The Morgan fingerprint density at radius 3 is 1.52 bits per heavy atom. The lowest BCUT2D eigenvalue weighted by molar-refractivity contribution is 0.176. The van der Waals surface area contributed by atoms with Gasteiger partial charge in [-0.25, -0.2) is 0 Å². The number of rotatable bonds is 17. The largest absolute Gasteiger partial charge is 0.400 e. The molecule has 0 aliphatic heterocycles. The number of alkyl halides is 1. The highest BCUT2D eigenvalue weighted by atomic mass is 79.9. The van der Waals surface area contributed by atoms with Gasteiger partial charge in [0.15, 0.2) is 0 Å². The van der Waals surface area contributed by atoms with Crippen LogP contribution < -0.4 is 26.3 Å². The zero-order valence-corrected chi connectivity index (χ0v) is 37.3. The van der Waals surface area contributed by atoms with E-state index >= 15 is 0 Å². The number of unbranched alkanes of at least 4 members (excludes halogenated alkanes) is 4. The Morgan fingerprint density at radius 1 is 0.589 bits per heavy atom. The normalized spacial score (nSPS) is 12.3. The van der Waals surface area contributed by atoms with E-state index in [4.69, 9.17) is 4.43 Å². The summed E-state index contributed by atoms with van der Waals surface area (Å²) in [6.45, 7) is 9.39. The highest BCUT2D eigenvalue weighted by molar-refractivity contribution is 9.09. The van der Waals surface area contributed by atoms with Gasteiger partial charge in [0.1, 0.15) is 0 Å². The number of allylic oxidation sites excluding steroid dienone is 1. The number of hydrogen-bond acceptors (Lipinski definition) is 1. The molecule has 0 amide bonds. The predicted molar refractivity (Wildman–Crippen MR) is 254 cm³/mol. The van der Waals surface area contributed by atoms with Crippen LogP contribution in [0.1, 0.15) is 89.9 Å². The molecule has 0 aliphatic rings. The molecule has 0 N–H and O–H groups in total. The first-order chi connectivity index (χ1) is 27.4. The van der Waals surface area contributed by atoms with Crippen molar-refractivity contribution in [1.82, 2.24) is 0 Å². The van der Waals surface area contributed by atoms with E-state index in [2.05, 4.69) is 232 Å². The molecule has 0 bridgehead atoms. The van der Waals surface area contributed by atoms with Crippen molar-refractivity contribution >= 4 is 64.5 Å². The van der Waals surface area contributed by atoms with Crippen molar-refractivity contribution < 1.29 is 4.43 Å². The summed E-state index contributed by atoms with van der Waals surface area (Å²) in [5, 5.41) is 7.93. The minimum absolute atomic E-state index is 0.0361. The van der Waals surface area contributed by atoms with E-state index in [1.165, 1.54) is 69.5 Å². The van der Waals surface area contributed by atoms with Gasteiger partial charge in [-0.05, 0) is 82.1 Å². The standard InChI is InChI=1S/C34H45BrOSi.C18H15P/c1-5-6-11-26-33(30-21-18-20-29(28-30)19-12-7-8-17-27-35)36-37(34(2,3)4,31-22-13-9-14-23-31)32-24-15-10-16-25-32;1-4-10-16(11-5-1)19(17-12-6-2-7-13-17)18-14-8-3-9-15-18/h9-10,12-16,18-25,28,33H,5-8,11,17,26-27H2,1-4H3;1-15H/b19-12-;. The average molecular weight is 840 g/mol. The predicted octanol–water partition coefficient (Wildman–Crippen LogP) is 12.9. The van der Waals surface area contributed by atoms with Crippen LogP contribution in [0, 0.1) is 0 Å². The minimum atomic E-state index is -2.64. The highest BCUT2D eigenvalue weighted by Crippen LogP contribution is 2.41. The molecule has 0 saturated carbocycles. The summed E-state index contributed by atoms with van der Waals surface area (Å²) in [4.78, 5) is 0. The second-order valence-electron chi connectivity index (χ2n) is 15.4. The van der Waals surface area contributed by atoms with E-state index in [1.807, 2.05) is 0 Å². The van der Waals surface area contributed by atoms with E-state index in [1.54, 1.807) is 0 Å². The Hall–Kier alpha value is -3.85. The quantitative estimate of drug-likeness (QED) is 0.0385. The number of benzene rings is 6. The molecule has 0 aromatic heterocycles. The van der Waals surface area contributed by atoms with Gasteiger partial charge in [0, 0.05) is 5.33 Å². The maximum Gasteiger partial charge on any atom is 0.261 e. The van der Waals surface area contributed by atoms with Crippen LogP contribution in [-0.2, 0) is 4.43 Å². The molecular weight excluding hydrogens is 780 g/mol. The molecule has 6 rings (SSSR count). The molecule has 290 valence electrons. The Morgan fingerprint density at radius 2 is 1.07 bits per heavy atom. The van der Waals surface area contributed by atoms with Crippen LogP contribution in [0.5, 0.6) is 0 Å². The van der Waals surface area contributed by atoms with E-state index in [0.29, 0.717) is 0 Å². The molecule has 0 saturated heterocycles. The topological polar surface area (TPSA) is 9.23 Å². The van der Waals surface area contributed by atoms with Crippen molar-refractivity contribution in [2.45, 2.75) is 83.8 Å². The third-order valence-electron chi connectivity index (χ3n) is 10.2. The van der Waals surface area contributed by atoms with E-state index in [0.717, 1.165) is 18.2 Å². The summed E-state index contributed by atoms with van der Waals surface area (Å²) in [7, 11) is -3.08. The average Bonchev–Trinajstić information content (AvgIpc) is 3.24. The Kier molecular flexibility index (Phi) is 17.6. The fraction of sp³-hybridized carbons (Fsp3) is 0.269. The summed E-state index contributed by atoms with van der Waals surface area (Å²) in [5.41, 5.74) is 2.56. The van der Waals surface area contributed by atoms with Gasteiger partial charge in [-0.15, -0.1) is 0 Å². The summed E-state index contributed by atoms with van der Waals surface area (Å²) < 4.78 is 7.63. The van der Waals surface area contributed by atoms with E-state index < -0.39 is 16.2 Å². The second kappa shape index (κ2) is 22.8. The van der Waals surface area contributed by atoms with Gasteiger partial charge in [0.05, 0.1) is 6.10 Å². The molecule has 6 aromatic carbocycles. The van der Waals surface area contributed by atoms with Crippen LogP contribution in [0.3, 0.4) is 0 Å². The number of hydrogen-bond donors (Lipinski definition) is 0. The van der Waals surface area contributed by atoms with Gasteiger partial charge in [0.25, 0.3) is 8.32 Å². The van der Waals surface area contributed by atoms with Gasteiger partial charge in [0.2, 0.25) is 0 Å². The van der Waals surface area contributed by atoms with Gasteiger partial charge >= 0.3 is 0 Å². The first kappa shape index (κ1) is 43.3. The monoisotopic (exact) mass is 838 g/mol. The van der Waals surface area contributed by atoms with Crippen LogP contribution in [-0.4, -0.2) is 13.6 Å². The fourth-order valence-electron chi connectivity index (χ4n) is 7.40. The van der Waals surface area contributed by atoms with E-state index in [-0.39, 0.29) is 11.1 Å².